The summed E-state index contributed by atoms with van der Waals surface area (Å²) in [4.78, 5) is 31.1. The quantitative estimate of drug-likeness (QED) is 0.606. The Morgan fingerprint density at radius 3 is 2.82 bits per heavy atom. The second-order valence-corrected chi connectivity index (χ2v) is 6.77. The van der Waals surface area contributed by atoms with E-state index in [-0.39, 0.29) is 17.8 Å². The molecule has 3 heterocycles. The van der Waals surface area contributed by atoms with Gasteiger partial charge in [0.25, 0.3) is 0 Å². The van der Waals surface area contributed by atoms with Gasteiger partial charge in [0.1, 0.15) is 6.04 Å². The number of nitro groups is 1. The molecule has 0 unspecified atom stereocenters. The zero-order valence-electron chi connectivity index (χ0n) is 12.5. The SMILES string of the molecule is Cn1cnc([N+](=O)[O-])c1N1CCC[C@H]1C(=O)N1CCSCC1. The second kappa shape index (κ2) is 6.15. The fourth-order valence-corrected chi connectivity index (χ4v) is 4.05. The largest absolute Gasteiger partial charge is 0.406 e. The maximum atomic E-state index is 12.8. The van der Waals surface area contributed by atoms with Crippen molar-refractivity contribution in [3.05, 3.63) is 16.4 Å². The van der Waals surface area contributed by atoms with E-state index in [0.717, 1.165) is 37.4 Å². The molecule has 0 spiro atoms. The van der Waals surface area contributed by atoms with Gasteiger partial charge in [0.05, 0.1) is 0 Å². The van der Waals surface area contributed by atoms with Crippen molar-refractivity contribution in [1.29, 1.82) is 0 Å². The highest BCUT2D eigenvalue weighted by Gasteiger charge is 2.39. The van der Waals surface area contributed by atoms with Crippen LogP contribution in [-0.2, 0) is 11.8 Å². The Bertz CT molecular complexity index is 584. The summed E-state index contributed by atoms with van der Waals surface area (Å²) in [6.07, 6.45) is 3.04. The number of imidazole rings is 1. The van der Waals surface area contributed by atoms with Gasteiger partial charge in [0.15, 0.2) is 0 Å². The Hall–Kier alpha value is -1.77. The maximum absolute atomic E-state index is 12.8. The predicted molar refractivity (Wildman–Crippen MR) is 84.1 cm³/mol. The van der Waals surface area contributed by atoms with Crippen LogP contribution in [0.2, 0.25) is 0 Å². The lowest BCUT2D eigenvalue weighted by atomic mass is 10.2. The molecular weight excluding hydrogens is 306 g/mol. The highest BCUT2D eigenvalue weighted by atomic mass is 32.2. The minimum absolute atomic E-state index is 0.0910. The summed E-state index contributed by atoms with van der Waals surface area (Å²) >= 11 is 1.86. The number of hydrogen-bond acceptors (Lipinski definition) is 6. The molecule has 2 saturated heterocycles. The molecule has 0 bridgehead atoms. The molecule has 3 rings (SSSR count). The van der Waals surface area contributed by atoms with Crippen molar-refractivity contribution >= 4 is 29.3 Å². The van der Waals surface area contributed by atoms with Crippen molar-refractivity contribution in [2.75, 3.05) is 36.0 Å². The summed E-state index contributed by atoms with van der Waals surface area (Å²) in [7, 11) is 1.73. The molecule has 22 heavy (non-hydrogen) atoms. The van der Waals surface area contributed by atoms with Gasteiger partial charge < -0.3 is 19.9 Å². The Kier molecular flexibility index (Phi) is 4.23. The Labute approximate surface area is 132 Å². The zero-order chi connectivity index (χ0) is 15.7. The molecule has 0 aromatic carbocycles. The van der Waals surface area contributed by atoms with Crippen LogP contribution in [0, 0.1) is 10.1 Å². The molecule has 0 aliphatic carbocycles. The standard InChI is InChI=1S/C13H19N5O3S/c1-15-9-14-11(18(20)21)12(15)17-4-2-3-10(17)13(19)16-5-7-22-8-6-16/h9-10H,2-8H2,1H3/t10-/m0/s1. The lowest BCUT2D eigenvalue weighted by molar-refractivity contribution is -0.388. The van der Waals surface area contributed by atoms with Crippen molar-refractivity contribution in [3.8, 4) is 0 Å². The molecule has 8 nitrogen and oxygen atoms in total. The lowest BCUT2D eigenvalue weighted by Crippen LogP contribution is -2.49. The molecular formula is C13H19N5O3S. The van der Waals surface area contributed by atoms with E-state index in [1.165, 1.54) is 6.33 Å². The van der Waals surface area contributed by atoms with E-state index >= 15 is 0 Å². The molecule has 1 aromatic heterocycles. The molecule has 1 aromatic rings. The molecule has 0 saturated carbocycles. The van der Waals surface area contributed by atoms with Gasteiger partial charge in [0, 0.05) is 38.2 Å². The van der Waals surface area contributed by atoms with Crippen molar-refractivity contribution in [2.45, 2.75) is 18.9 Å². The van der Waals surface area contributed by atoms with Gasteiger partial charge in [-0.1, -0.05) is 0 Å². The highest BCUT2D eigenvalue weighted by Crippen LogP contribution is 2.33. The van der Waals surface area contributed by atoms with E-state index in [4.69, 9.17) is 0 Å². The minimum Gasteiger partial charge on any atom is -0.358 e. The first-order valence-corrected chi connectivity index (χ1v) is 8.54. The van der Waals surface area contributed by atoms with E-state index in [1.54, 1.807) is 11.6 Å². The van der Waals surface area contributed by atoms with Crippen LogP contribution in [0.1, 0.15) is 12.8 Å². The first-order chi connectivity index (χ1) is 10.6. The van der Waals surface area contributed by atoms with Gasteiger partial charge in [-0.25, -0.2) is 0 Å². The van der Waals surface area contributed by atoms with Gasteiger partial charge in [0.2, 0.25) is 18.1 Å². The van der Waals surface area contributed by atoms with E-state index in [0.29, 0.717) is 12.4 Å². The Balaban J connectivity index is 1.85. The molecule has 2 aliphatic rings. The third-order valence-corrected chi connectivity index (χ3v) is 5.14. The monoisotopic (exact) mass is 325 g/mol. The summed E-state index contributed by atoms with van der Waals surface area (Å²) in [6, 6.07) is -0.308. The number of hydrogen-bond donors (Lipinski definition) is 0. The van der Waals surface area contributed by atoms with Crippen LogP contribution in [0.25, 0.3) is 0 Å². The topological polar surface area (TPSA) is 84.5 Å². The third kappa shape index (κ3) is 2.65. The van der Waals surface area contributed by atoms with Crippen LogP contribution in [0.3, 0.4) is 0 Å². The van der Waals surface area contributed by atoms with E-state index in [9.17, 15) is 14.9 Å². The molecule has 1 amide bonds. The average molecular weight is 325 g/mol. The minimum atomic E-state index is -0.479. The third-order valence-electron chi connectivity index (χ3n) is 4.19. The van der Waals surface area contributed by atoms with Crippen molar-refractivity contribution in [1.82, 2.24) is 14.5 Å². The highest BCUT2D eigenvalue weighted by molar-refractivity contribution is 7.99. The van der Waals surface area contributed by atoms with E-state index < -0.39 is 4.92 Å². The number of aromatic nitrogens is 2. The van der Waals surface area contributed by atoms with Crippen LogP contribution in [0.4, 0.5) is 11.6 Å². The summed E-state index contributed by atoms with van der Waals surface area (Å²) in [5, 5.41) is 11.2. The molecule has 2 fully saturated rings. The lowest BCUT2D eigenvalue weighted by Gasteiger charge is -2.32. The van der Waals surface area contributed by atoms with E-state index in [1.807, 2.05) is 21.6 Å². The summed E-state index contributed by atoms with van der Waals surface area (Å²) in [5.74, 6) is 2.28. The molecule has 9 heteroatoms. The van der Waals surface area contributed by atoms with Crippen LogP contribution < -0.4 is 4.90 Å². The summed E-state index contributed by atoms with van der Waals surface area (Å²) in [5.41, 5.74) is 0. The number of carbonyl (C=O) groups is 1. The van der Waals surface area contributed by atoms with Gasteiger partial charge in [-0.05, 0) is 22.7 Å². The fourth-order valence-electron chi connectivity index (χ4n) is 3.14. The number of nitrogens with zero attached hydrogens (tertiary/aromatic N) is 5. The van der Waals surface area contributed by atoms with Gasteiger partial charge in [-0.15, -0.1) is 0 Å². The number of anilines is 1. The number of aryl methyl sites for hydroxylation is 1. The zero-order valence-corrected chi connectivity index (χ0v) is 13.3. The molecule has 2 aliphatic heterocycles. The van der Waals surface area contributed by atoms with Crippen LogP contribution in [0.5, 0.6) is 0 Å². The second-order valence-electron chi connectivity index (χ2n) is 5.55. The van der Waals surface area contributed by atoms with Gasteiger partial charge in [-0.2, -0.15) is 11.8 Å². The fraction of sp³-hybridized carbons (Fsp3) is 0.692. The number of amides is 1. The van der Waals surface area contributed by atoms with Crippen molar-refractivity contribution in [3.63, 3.8) is 0 Å². The first-order valence-electron chi connectivity index (χ1n) is 7.38. The number of rotatable bonds is 3. The summed E-state index contributed by atoms with van der Waals surface area (Å²) < 4.78 is 1.63. The average Bonchev–Trinajstić information content (AvgIpc) is 3.13. The molecule has 1 atom stereocenters. The van der Waals surface area contributed by atoms with E-state index in [2.05, 4.69) is 4.98 Å². The number of carbonyl (C=O) groups excluding carboxylic acids is 1. The number of thioether (sulfide) groups is 1. The van der Waals surface area contributed by atoms with Crippen molar-refractivity contribution in [2.24, 2.45) is 7.05 Å². The van der Waals surface area contributed by atoms with Crippen molar-refractivity contribution < 1.29 is 9.72 Å². The van der Waals surface area contributed by atoms with Crippen LogP contribution in [0.15, 0.2) is 6.33 Å². The molecule has 0 radical (unpaired) electrons. The predicted octanol–water partition coefficient (Wildman–Crippen LogP) is 0.872. The van der Waals surface area contributed by atoms with Crippen LogP contribution in [-0.4, -0.2) is 62.5 Å². The van der Waals surface area contributed by atoms with Gasteiger partial charge in [-0.3, -0.25) is 9.36 Å². The summed E-state index contributed by atoms with van der Waals surface area (Å²) in [6.45, 7) is 2.18. The normalized spacial score (nSPS) is 22.1. The maximum Gasteiger partial charge on any atom is 0.406 e. The first kappa shape index (κ1) is 15.1. The Morgan fingerprint density at radius 2 is 2.14 bits per heavy atom. The Morgan fingerprint density at radius 1 is 1.41 bits per heavy atom. The molecule has 0 N–H and O–H groups in total. The van der Waals surface area contributed by atoms with Gasteiger partial charge >= 0.3 is 5.82 Å². The molecule has 120 valence electrons. The smallest absolute Gasteiger partial charge is 0.358 e. The van der Waals surface area contributed by atoms with Crippen LogP contribution >= 0.6 is 11.8 Å².